The van der Waals surface area contributed by atoms with Crippen LogP contribution in [0.1, 0.15) is 12.8 Å². The Balaban J connectivity index is 1.58. The third kappa shape index (κ3) is 4.30. The van der Waals surface area contributed by atoms with Crippen molar-refractivity contribution in [1.29, 1.82) is 0 Å². The van der Waals surface area contributed by atoms with Gasteiger partial charge in [0.25, 0.3) is 0 Å². The van der Waals surface area contributed by atoms with Gasteiger partial charge in [-0.25, -0.2) is 0 Å². The predicted octanol–water partition coefficient (Wildman–Crippen LogP) is 1.53. The van der Waals surface area contributed by atoms with Crippen LogP contribution in [0.3, 0.4) is 0 Å². The minimum atomic E-state index is 0.230. The summed E-state index contributed by atoms with van der Waals surface area (Å²) in [6.07, 6.45) is 7.90. The van der Waals surface area contributed by atoms with Gasteiger partial charge in [-0.15, -0.1) is 0 Å². The number of aliphatic imine (C=N–C) groups is 1. The number of nitrogens with zero attached hydrogens (tertiary/aromatic N) is 3. The van der Waals surface area contributed by atoms with E-state index in [1.54, 1.807) is 13.2 Å². The smallest absolute Gasteiger partial charge is 0.236 e. The van der Waals surface area contributed by atoms with Crippen molar-refractivity contribution in [3.8, 4) is 11.8 Å². The first-order valence-corrected chi connectivity index (χ1v) is 8.58. The average molecular weight is 372 g/mol. The molecule has 1 atom stereocenters. The van der Waals surface area contributed by atoms with Gasteiger partial charge in [0, 0.05) is 18.7 Å². The molecule has 3 rings (SSSR count). The molecular weight excluding hydrogens is 348 g/mol. The Bertz CT molecular complexity index is 793. The number of rotatable bonds is 7. The van der Waals surface area contributed by atoms with E-state index in [0.29, 0.717) is 24.2 Å². The summed E-state index contributed by atoms with van der Waals surface area (Å²) in [6, 6.07) is 1.58. The second kappa shape index (κ2) is 8.43. The lowest BCUT2D eigenvalue weighted by Crippen LogP contribution is -2.24. The summed E-state index contributed by atoms with van der Waals surface area (Å²) in [5.74, 6) is 2.44. The fourth-order valence-electron chi connectivity index (χ4n) is 3.02. The van der Waals surface area contributed by atoms with Crippen LogP contribution in [0.5, 0.6) is 11.8 Å². The molecule has 9 heteroatoms. The molecule has 144 valence electrons. The molecule has 0 aromatic carbocycles. The van der Waals surface area contributed by atoms with Crippen LogP contribution in [-0.2, 0) is 4.74 Å². The molecule has 2 aliphatic rings. The maximum absolute atomic E-state index is 5.95. The maximum Gasteiger partial charge on any atom is 0.236 e. The Hall–Kier alpha value is -3.23. The molecule has 0 saturated carbocycles. The Morgan fingerprint density at radius 2 is 2.00 bits per heavy atom. The van der Waals surface area contributed by atoms with E-state index >= 15 is 0 Å². The quantitative estimate of drug-likeness (QED) is 0.487. The zero-order chi connectivity index (χ0) is 19.2. The van der Waals surface area contributed by atoms with Crippen LogP contribution < -0.4 is 25.8 Å². The topological polar surface area (TPSA) is 116 Å². The van der Waals surface area contributed by atoms with E-state index in [4.69, 9.17) is 19.9 Å². The van der Waals surface area contributed by atoms with Crippen LogP contribution in [0.15, 0.2) is 46.4 Å². The van der Waals surface area contributed by atoms with Crippen molar-refractivity contribution in [3.63, 3.8) is 0 Å². The van der Waals surface area contributed by atoms with Crippen LogP contribution in [0.2, 0.25) is 0 Å². The summed E-state index contributed by atoms with van der Waals surface area (Å²) in [6.45, 7) is 0.545. The van der Waals surface area contributed by atoms with Gasteiger partial charge >= 0.3 is 0 Å². The largest absolute Gasteiger partial charge is 0.495 e. The Morgan fingerprint density at radius 1 is 1.26 bits per heavy atom. The molecule has 1 aliphatic carbocycles. The molecule has 0 radical (unpaired) electrons. The normalized spacial score (nSPS) is 18.6. The first kappa shape index (κ1) is 18.6. The Morgan fingerprint density at radius 3 is 2.67 bits per heavy atom. The van der Waals surface area contributed by atoms with Crippen LogP contribution in [0.4, 0.5) is 5.95 Å². The van der Waals surface area contributed by atoms with Crippen LogP contribution in [0.25, 0.3) is 0 Å². The molecule has 1 aliphatic heterocycles. The molecule has 0 amide bonds. The molecule has 1 aromatic rings. The first-order chi connectivity index (χ1) is 13.1. The van der Waals surface area contributed by atoms with Crippen molar-refractivity contribution in [3.05, 3.63) is 41.4 Å². The summed E-state index contributed by atoms with van der Waals surface area (Å²) >= 11 is 0. The summed E-state index contributed by atoms with van der Waals surface area (Å²) in [7, 11) is 4.72. The van der Waals surface area contributed by atoms with E-state index < -0.39 is 0 Å². The van der Waals surface area contributed by atoms with Crippen LogP contribution in [-0.4, -0.2) is 43.8 Å². The lowest BCUT2D eigenvalue weighted by molar-refractivity contribution is 0.293. The zero-order valence-electron chi connectivity index (χ0n) is 15.7. The number of nitrogens with two attached hydrogens (primary N) is 1. The minimum absolute atomic E-state index is 0.230. The maximum atomic E-state index is 5.95. The molecule has 27 heavy (non-hydrogen) atoms. The third-order valence-corrected chi connectivity index (χ3v) is 4.36. The van der Waals surface area contributed by atoms with Crippen molar-refractivity contribution >= 4 is 11.9 Å². The molecule has 1 aromatic heterocycles. The van der Waals surface area contributed by atoms with Gasteiger partial charge in [-0.05, 0) is 24.5 Å². The molecule has 4 N–H and O–H groups in total. The van der Waals surface area contributed by atoms with E-state index in [1.165, 1.54) is 19.8 Å². The van der Waals surface area contributed by atoms with E-state index in [-0.39, 0.29) is 11.9 Å². The summed E-state index contributed by atoms with van der Waals surface area (Å²) in [5, 5.41) is 6.17. The van der Waals surface area contributed by atoms with Crippen molar-refractivity contribution in [1.82, 2.24) is 15.3 Å². The second-order valence-corrected chi connectivity index (χ2v) is 5.95. The minimum Gasteiger partial charge on any atom is -0.495 e. The van der Waals surface area contributed by atoms with Crippen molar-refractivity contribution < 1.29 is 14.2 Å². The fraction of sp³-hybridized carbons (Fsp3) is 0.389. The number of fused-ring (bicyclic) bond motifs is 1. The molecular formula is C18H24N6O3. The Kier molecular flexibility index (Phi) is 5.80. The third-order valence-electron chi connectivity index (χ3n) is 4.36. The molecule has 0 bridgehead atoms. The van der Waals surface area contributed by atoms with Gasteiger partial charge in [0.05, 0.1) is 33.1 Å². The van der Waals surface area contributed by atoms with Crippen LogP contribution in [0, 0.1) is 5.92 Å². The number of hydrogen-bond acceptors (Lipinski definition) is 7. The predicted molar refractivity (Wildman–Crippen MR) is 102 cm³/mol. The standard InChI is InChI=1S/C18H24N6O3/c1-25-13-6-4-5-12-11(10-21-16(12)13)7-8-20-17(19)24-18-22-14(26-2)9-15(23-18)27-3/h4,6,9-10,12,21H,5,7-8H2,1-3H3,(H3,19,20,22,23,24). The summed E-state index contributed by atoms with van der Waals surface area (Å²) < 4.78 is 15.6. The summed E-state index contributed by atoms with van der Waals surface area (Å²) in [4.78, 5) is 12.7. The number of aromatic nitrogens is 2. The Labute approximate surface area is 158 Å². The lowest BCUT2D eigenvalue weighted by atomic mass is 9.90. The van der Waals surface area contributed by atoms with Gasteiger partial charge in [0.2, 0.25) is 17.7 Å². The monoisotopic (exact) mass is 372 g/mol. The highest BCUT2D eigenvalue weighted by molar-refractivity contribution is 5.90. The molecule has 0 spiro atoms. The number of anilines is 1. The van der Waals surface area contributed by atoms with E-state index in [0.717, 1.165) is 24.3 Å². The highest BCUT2D eigenvalue weighted by Crippen LogP contribution is 2.35. The zero-order valence-corrected chi connectivity index (χ0v) is 15.7. The van der Waals surface area contributed by atoms with E-state index in [9.17, 15) is 0 Å². The lowest BCUT2D eigenvalue weighted by Gasteiger charge is -2.20. The first-order valence-electron chi connectivity index (χ1n) is 8.58. The molecule has 1 unspecified atom stereocenters. The van der Waals surface area contributed by atoms with Gasteiger partial charge < -0.3 is 25.3 Å². The van der Waals surface area contributed by atoms with Gasteiger partial charge in [-0.2, -0.15) is 9.97 Å². The highest BCUT2D eigenvalue weighted by Gasteiger charge is 2.28. The van der Waals surface area contributed by atoms with E-state index in [1.807, 2.05) is 12.3 Å². The molecule has 0 fully saturated rings. The number of ether oxygens (including phenoxy) is 3. The van der Waals surface area contributed by atoms with Crippen LogP contribution >= 0.6 is 0 Å². The second-order valence-electron chi connectivity index (χ2n) is 5.95. The number of guanidine groups is 1. The van der Waals surface area contributed by atoms with Gasteiger partial charge in [0.1, 0.15) is 5.76 Å². The van der Waals surface area contributed by atoms with Crippen molar-refractivity contribution in [2.24, 2.45) is 16.6 Å². The van der Waals surface area contributed by atoms with Gasteiger partial charge in [-0.3, -0.25) is 10.3 Å². The molecule has 2 heterocycles. The van der Waals surface area contributed by atoms with Gasteiger partial charge in [0.15, 0.2) is 5.96 Å². The number of nitrogens with one attached hydrogen (secondary N) is 2. The van der Waals surface area contributed by atoms with Crippen molar-refractivity contribution in [2.45, 2.75) is 12.8 Å². The number of allylic oxidation sites excluding steroid dienone is 3. The number of hydrogen-bond donors (Lipinski definition) is 3. The molecule has 0 saturated heterocycles. The van der Waals surface area contributed by atoms with E-state index in [2.05, 4.69) is 31.7 Å². The highest BCUT2D eigenvalue weighted by atomic mass is 16.5. The van der Waals surface area contributed by atoms with Gasteiger partial charge in [-0.1, -0.05) is 6.08 Å². The van der Waals surface area contributed by atoms with Crippen molar-refractivity contribution in [2.75, 3.05) is 33.2 Å². The number of methoxy groups -OCH3 is 3. The average Bonchev–Trinajstić information content (AvgIpc) is 3.10. The molecule has 9 nitrogen and oxygen atoms in total. The SMILES string of the molecule is COC1=C2NC=C(CCN=C(N)Nc3nc(OC)cc(OC)n3)C2CC=C1. The fourth-order valence-corrected chi connectivity index (χ4v) is 3.02. The summed E-state index contributed by atoms with van der Waals surface area (Å²) in [5.41, 5.74) is 8.34.